The van der Waals surface area contributed by atoms with Gasteiger partial charge in [0.25, 0.3) is 0 Å². The standard InChI is InChI=1S/C12H18N4/c1-9-6-12(15-8-14-9)16(10-2-3-10)11-4-5-13-7-11/h6,8,10-11,13H,2-5,7H2,1H3. The minimum absolute atomic E-state index is 0.627. The minimum Gasteiger partial charge on any atom is -0.349 e. The third kappa shape index (κ3) is 1.89. The number of anilines is 1. The van der Waals surface area contributed by atoms with Gasteiger partial charge in [-0.2, -0.15) is 0 Å². The van der Waals surface area contributed by atoms with Gasteiger partial charge in [0.1, 0.15) is 12.1 Å². The Kier molecular flexibility index (Phi) is 2.52. The van der Waals surface area contributed by atoms with Crippen molar-refractivity contribution in [2.24, 2.45) is 0 Å². The molecule has 0 bridgehead atoms. The van der Waals surface area contributed by atoms with Gasteiger partial charge in [-0.05, 0) is 32.7 Å². The normalized spacial score (nSPS) is 24.7. The van der Waals surface area contributed by atoms with E-state index in [1.165, 1.54) is 19.3 Å². The topological polar surface area (TPSA) is 41.0 Å². The quantitative estimate of drug-likeness (QED) is 0.825. The molecule has 16 heavy (non-hydrogen) atoms. The number of hydrogen-bond acceptors (Lipinski definition) is 4. The first-order chi connectivity index (χ1) is 7.84. The van der Waals surface area contributed by atoms with Crippen molar-refractivity contribution in [1.82, 2.24) is 15.3 Å². The van der Waals surface area contributed by atoms with Crippen LogP contribution in [-0.4, -0.2) is 35.1 Å². The zero-order valence-electron chi connectivity index (χ0n) is 9.69. The van der Waals surface area contributed by atoms with Crippen LogP contribution in [0, 0.1) is 6.92 Å². The lowest BCUT2D eigenvalue weighted by molar-refractivity contribution is 0.619. The summed E-state index contributed by atoms with van der Waals surface area (Å²) in [4.78, 5) is 11.1. The van der Waals surface area contributed by atoms with Crippen molar-refractivity contribution >= 4 is 5.82 Å². The number of aromatic nitrogens is 2. The average Bonchev–Trinajstić information content (AvgIpc) is 2.94. The maximum Gasteiger partial charge on any atom is 0.132 e. The molecule has 1 N–H and O–H groups in total. The zero-order chi connectivity index (χ0) is 11.0. The highest BCUT2D eigenvalue weighted by atomic mass is 15.3. The third-order valence-electron chi connectivity index (χ3n) is 3.42. The zero-order valence-corrected chi connectivity index (χ0v) is 9.69. The van der Waals surface area contributed by atoms with Crippen molar-refractivity contribution < 1.29 is 0 Å². The van der Waals surface area contributed by atoms with E-state index < -0.39 is 0 Å². The molecule has 0 amide bonds. The predicted octanol–water partition coefficient (Wildman–Crippen LogP) is 1.12. The number of rotatable bonds is 3. The fourth-order valence-corrected chi connectivity index (χ4v) is 2.48. The molecule has 4 heteroatoms. The van der Waals surface area contributed by atoms with Crippen LogP contribution in [0.2, 0.25) is 0 Å². The molecular formula is C12H18N4. The summed E-state index contributed by atoms with van der Waals surface area (Å²) in [5, 5.41) is 3.43. The minimum atomic E-state index is 0.627. The molecule has 0 radical (unpaired) electrons. The number of hydrogen-bond donors (Lipinski definition) is 1. The lowest BCUT2D eigenvalue weighted by Gasteiger charge is -2.29. The summed E-state index contributed by atoms with van der Waals surface area (Å²) in [6.45, 7) is 4.26. The molecule has 1 saturated heterocycles. The van der Waals surface area contributed by atoms with Gasteiger partial charge in [-0.25, -0.2) is 9.97 Å². The van der Waals surface area contributed by atoms with Gasteiger partial charge in [-0.1, -0.05) is 0 Å². The third-order valence-corrected chi connectivity index (χ3v) is 3.42. The maximum atomic E-state index is 4.43. The monoisotopic (exact) mass is 218 g/mol. The summed E-state index contributed by atoms with van der Waals surface area (Å²) in [5.74, 6) is 1.11. The molecule has 1 atom stereocenters. The fraction of sp³-hybridized carbons (Fsp3) is 0.667. The van der Waals surface area contributed by atoms with Crippen LogP contribution in [0.15, 0.2) is 12.4 Å². The van der Waals surface area contributed by atoms with Crippen LogP contribution in [0.4, 0.5) is 5.82 Å². The molecule has 0 spiro atoms. The summed E-state index contributed by atoms with van der Waals surface area (Å²) < 4.78 is 0. The largest absolute Gasteiger partial charge is 0.349 e. The first-order valence-electron chi connectivity index (χ1n) is 6.12. The molecule has 1 unspecified atom stereocenters. The number of nitrogens with one attached hydrogen (secondary N) is 1. The van der Waals surface area contributed by atoms with E-state index in [2.05, 4.69) is 26.3 Å². The van der Waals surface area contributed by atoms with Crippen molar-refractivity contribution in [2.45, 2.75) is 38.3 Å². The Morgan fingerprint density at radius 3 is 2.75 bits per heavy atom. The van der Waals surface area contributed by atoms with Crippen LogP contribution in [0.3, 0.4) is 0 Å². The summed E-state index contributed by atoms with van der Waals surface area (Å²) in [6.07, 6.45) is 5.56. The molecular weight excluding hydrogens is 200 g/mol. The van der Waals surface area contributed by atoms with Gasteiger partial charge in [0.15, 0.2) is 0 Å². The van der Waals surface area contributed by atoms with E-state index in [1.807, 2.05) is 6.92 Å². The van der Waals surface area contributed by atoms with Crippen molar-refractivity contribution in [3.63, 3.8) is 0 Å². The van der Waals surface area contributed by atoms with Crippen molar-refractivity contribution in [3.05, 3.63) is 18.1 Å². The van der Waals surface area contributed by atoms with Crippen LogP contribution in [-0.2, 0) is 0 Å². The van der Waals surface area contributed by atoms with E-state index in [0.29, 0.717) is 6.04 Å². The molecule has 2 heterocycles. The van der Waals surface area contributed by atoms with E-state index in [4.69, 9.17) is 0 Å². The van der Waals surface area contributed by atoms with Crippen molar-refractivity contribution in [3.8, 4) is 0 Å². The van der Waals surface area contributed by atoms with E-state index in [-0.39, 0.29) is 0 Å². The van der Waals surface area contributed by atoms with E-state index >= 15 is 0 Å². The second kappa shape index (κ2) is 4.01. The predicted molar refractivity (Wildman–Crippen MR) is 63.5 cm³/mol. The van der Waals surface area contributed by atoms with Gasteiger partial charge in [0.05, 0.1) is 0 Å². The van der Waals surface area contributed by atoms with Crippen LogP contribution >= 0.6 is 0 Å². The summed E-state index contributed by atoms with van der Waals surface area (Å²) in [7, 11) is 0. The number of aryl methyl sites for hydroxylation is 1. The molecule has 4 nitrogen and oxygen atoms in total. The average molecular weight is 218 g/mol. The molecule has 86 valence electrons. The number of nitrogens with zero attached hydrogens (tertiary/aromatic N) is 3. The van der Waals surface area contributed by atoms with Gasteiger partial charge < -0.3 is 10.2 Å². The van der Waals surface area contributed by atoms with Gasteiger partial charge in [-0.15, -0.1) is 0 Å². The Labute approximate surface area is 96.1 Å². The van der Waals surface area contributed by atoms with Crippen LogP contribution in [0.25, 0.3) is 0 Å². The van der Waals surface area contributed by atoms with Crippen LogP contribution in [0.1, 0.15) is 25.0 Å². The Morgan fingerprint density at radius 1 is 1.25 bits per heavy atom. The molecule has 1 saturated carbocycles. The maximum absolute atomic E-state index is 4.43. The molecule has 1 aliphatic heterocycles. The van der Waals surface area contributed by atoms with Crippen LogP contribution < -0.4 is 10.2 Å². The lowest BCUT2D eigenvalue weighted by atomic mass is 10.2. The molecule has 1 aliphatic carbocycles. The molecule has 1 aromatic rings. The Morgan fingerprint density at radius 2 is 2.12 bits per heavy atom. The smallest absolute Gasteiger partial charge is 0.132 e. The highest BCUT2D eigenvalue weighted by Crippen LogP contribution is 2.33. The summed E-state index contributed by atoms with van der Waals surface area (Å²) in [6, 6.07) is 3.46. The SMILES string of the molecule is Cc1cc(N(C2CC2)C2CCNC2)ncn1. The second-order valence-corrected chi connectivity index (χ2v) is 4.80. The van der Waals surface area contributed by atoms with E-state index in [9.17, 15) is 0 Å². The van der Waals surface area contributed by atoms with Crippen molar-refractivity contribution in [1.29, 1.82) is 0 Å². The molecule has 3 rings (SSSR count). The molecule has 2 aliphatic rings. The fourth-order valence-electron chi connectivity index (χ4n) is 2.48. The Hall–Kier alpha value is -1.16. The van der Waals surface area contributed by atoms with Gasteiger partial charge >= 0.3 is 0 Å². The lowest BCUT2D eigenvalue weighted by Crippen LogP contribution is -2.39. The highest BCUT2D eigenvalue weighted by molar-refractivity contribution is 5.43. The second-order valence-electron chi connectivity index (χ2n) is 4.80. The van der Waals surface area contributed by atoms with E-state index in [1.54, 1.807) is 6.33 Å². The first kappa shape index (κ1) is 10.0. The summed E-state index contributed by atoms with van der Waals surface area (Å²) >= 11 is 0. The van der Waals surface area contributed by atoms with Crippen LogP contribution in [0.5, 0.6) is 0 Å². The molecule has 0 aromatic carbocycles. The van der Waals surface area contributed by atoms with Gasteiger partial charge in [0.2, 0.25) is 0 Å². The summed E-state index contributed by atoms with van der Waals surface area (Å²) in [5.41, 5.74) is 1.06. The first-order valence-corrected chi connectivity index (χ1v) is 6.12. The van der Waals surface area contributed by atoms with Gasteiger partial charge in [-0.3, -0.25) is 0 Å². The van der Waals surface area contributed by atoms with Gasteiger partial charge in [0, 0.05) is 30.4 Å². The molecule has 2 fully saturated rings. The Bertz CT molecular complexity index is 369. The van der Waals surface area contributed by atoms with E-state index in [0.717, 1.165) is 30.6 Å². The Balaban J connectivity index is 1.87. The molecule has 1 aromatic heterocycles. The van der Waals surface area contributed by atoms with Crippen molar-refractivity contribution in [2.75, 3.05) is 18.0 Å². The highest BCUT2D eigenvalue weighted by Gasteiger charge is 2.36.